The maximum absolute atomic E-state index is 12.0. The summed E-state index contributed by atoms with van der Waals surface area (Å²) in [6.07, 6.45) is 1.54. The van der Waals surface area contributed by atoms with E-state index in [-0.39, 0.29) is 23.4 Å². The largest absolute Gasteiger partial charge is 0.497 e. The number of hydrogen-bond acceptors (Lipinski definition) is 11. The van der Waals surface area contributed by atoms with Gasteiger partial charge in [0.2, 0.25) is 5.13 Å². The van der Waals surface area contributed by atoms with E-state index in [9.17, 15) is 20.0 Å². The third-order valence-corrected chi connectivity index (χ3v) is 7.31. The molecule has 0 amide bonds. The Balaban J connectivity index is 1.47. The smallest absolute Gasteiger partial charge is 0.352 e. The van der Waals surface area contributed by atoms with Gasteiger partial charge in [-0.2, -0.15) is 5.10 Å². The van der Waals surface area contributed by atoms with Gasteiger partial charge in [-0.15, -0.1) is 5.10 Å². The molecule has 2 heterocycles. The lowest BCUT2D eigenvalue weighted by Crippen LogP contribution is -2.18. The van der Waals surface area contributed by atoms with Crippen LogP contribution < -0.4 is 10.2 Å². The molecule has 0 spiro atoms. The first-order valence-electron chi connectivity index (χ1n) is 12.8. The van der Waals surface area contributed by atoms with Crippen LogP contribution in [0.4, 0.5) is 10.8 Å². The molecule has 3 aromatic carbocycles. The molecule has 0 aliphatic carbocycles. The molecular formula is C29H25N7O6S. The fourth-order valence-corrected chi connectivity index (χ4v) is 5.15. The maximum atomic E-state index is 12.0. The monoisotopic (exact) mass is 599 g/mol. The lowest BCUT2D eigenvalue weighted by atomic mass is 10.1. The number of anilines is 1. The van der Waals surface area contributed by atoms with E-state index < -0.39 is 10.9 Å². The third kappa shape index (κ3) is 6.72. The van der Waals surface area contributed by atoms with E-state index in [2.05, 4.69) is 20.8 Å². The second kappa shape index (κ2) is 13.0. The Kier molecular flexibility index (Phi) is 8.79. The molecule has 0 saturated heterocycles. The minimum absolute atomic E-state index is 0.181. The molecule has 0 unspecified atom stereocenters. The summed E-state index contributed by atoms with van der Waals surface area (Å²) in [7, 11) is 3.18. The van der Waals surface area contributed by atoms with Crippen LogP contribution in [-0.4, -0.2) is 55.9 Å². The van der Waals surface area contributed by atoms with Crippen molar-refractivity contribution in [3.63, 3.8) is 0 Å². The molecule has 14 heteroatoms. The Morgan fingerprint density at radius 3 is 2.47 bits per heavy atom. The van der Waals surface area contributed by atoms with Crippen LogP contribution in [0.3, 0.4) is 0 Å². The summed E-state index contributed by atoms with van der Waals surface area (Å²) in [6.45, 7) is 0.355. The number of nitrogens with one attached hydrogen (secondary N) is 1. The minimum Gasteiger partial charge on any atom is -0.497 e. The quantitative estimate of drug-likeness (QED) is 0.110. The average Bonchev–Trinajstić information content (AvgIpc) is 3.67. The Labute approximate surface area is 249 Å². The van der Waals surface area contributed by atoms with E-state index in [1.807, 2.05) is 48.5 Å². The zero-order chi connectivity index (χ0) is 30.3. The van der Waals surface area contributed by atoms with Crippen molar-refractivity contribution in [3.8, 4) is 33.1 Å². The Bertz CT molecular complexity index is 1780. The number of carboxylic acid groups (broad SMARTS) is 1. The van der Waals surface area contributed by atoms with Gasteiger partial charge in [-0.25, -0.2) is 14.5 Å². The van der Waals surface area contributed by atoms with Gasteiger partial charge in [-0.3, -0.25) is 15.5 Å². The fraction of sp³-hybridized carbons (Fsp3) is 0.138. The van der Waals surface area contributed by atoms with Crippen LogP contribution in [0.5, 0.6) is 5.75 Å². The van der Waals surface area contributed by atoms with Crippen molar-refractivity contribution in [2.24, 2.45) is 5.10 Å². The molecule has 0 fully saturated rings. The summed E-state index contributed by atoms with van der Waals surface area (Å²) in [5, 5.41) is 33.8. The fourth-order valence-electron chi connectivity index (χ4n) is 4.21. The van der Waals surface area contributed by atoms with Crippen LogP contribution in [0.1, 0.15) is 11.3 Å². The zero-order valence-electron chi connectivity index (χ0n) is 23.0. The standard InChI is InChI=1S/C29H25N7O6S/c1-41-17-21-16-35(34-31-21)22-11-7-19(8-12-22)27-26(18-9-13-23(42-2)14-10-18)30-29(43-27)33-32-24(28(37)38)15-20-5-3-4-6-25(20)36(39)40/h3-14,16H,15,17H2,1-2H3,(H,30,33)(H,37,38). The normalized spacial score (nSPS) is 11.3. The zero-order valence-corrected chi connectivity index (χ0v) is 23.8. The number of aromatic nitrogens is 4. The highest BCUT2D eigenvalue weighted by Gasteiger charge is 2.20. The van der Waals surface area contributed by atoms with Gasteiger partial charge < -0.3 is 14.6 Å². The minimum atomic E-state index is -1.31. The summed E-state index contributed by atoms with van der Waals surface area (Å²) in [5.41, 5.74) is 6.33. The van der Waals surface area contributed by atoms with Crippen molar-refractivity contribution in [3.05, 3.63) is 100 Å². The molecule has 0 saturated carbocycles. The molecule has 5 rings (SSSR count). The number of carboxylic acids is 1. The van der Waals surface area contributed by atoms with Crippen LogP contribution >= 0.6 is 11.3 Å². The molecule has 43 heavy (non-hydrogen) atoms. The molecule has 0 aliphatic rings. The Morgan fingerprint density at radius 2 is 1.79 bits per heavy atom. The van der Waals surface area contributed by atoms with Gasteiger partial charge in [-0.05, 0) is 42.0 Å². The predicted octanol–water partition coefficient (Wildman–Crippen LogP) is 5.22. The van der Waals surface area contributed by atoms with Gasteiger partial charge in [0.1, 0.15) is 17.2 Å². The molecule has 5 aromatic rings. The molecule has 0 radical (unpaired) electrons. The summed E-state index contributed by atoms with van der Waals surface area (Å²) >= 11 is 1.28. The number of carbonyl (C=O) groups is 1. The summed E-state index contributed by atoms with van der Waals surface area (Å²) < 4.78 is 12.1. The Morgan fingerprint density at radius 1 is 1.07 bits per heavy atom. The van der Waals surface area contributed by atoms with Crippen LogP contribution in [0.25, 0.3) is 27.4 Å². The van der Waals surface area contributed by atoms with Gasteiger partial charge in [0.25, 0.3) is 5.69 Å². The van der Waals surface area contributed by atoms with E-state index in [0.29, 0.717) is 28.9 Å². The molecular weight excluding hydrogens is 574 g/mol. The molecule has 2 N–H and O–H groups in total. The highest BCUT2D eigenvalue weighted by atomic mass is 32.1. The highest BCUT2D eigenvalue weighted by molar-refractivity contribution is 7.19. The SMILES string of the molecule is COCc1cn(-c2ccc(-c3sc(NN=C(Cc4ccccc4[N+](=O)[O-])C(=O)O)nc3-c3ccc(OC)cc3)cc2)nn1. The molecule has 0 atom stereocenters. The van der Waals surface area contributed by atoms with Crippen molar-refractivity contribution < 1.29 is 24.3 Å². The molecule has 2 aromatic heterocycles. The number of methoxy groups -OCH3 is 2. The van der Waals surface area contributed by atoms with E-state index in [4.69, 9.17) is 14.5 Å². The van der Waals surface area contributed by atoms with Gasteiger partial charge in [0, 0.05) is 30.7 Å². The highest BCUT2D eigenvalue weighted by Crippen LogP contribution is 2.39. The number of nitrogens with zero attached hydrogens (tertiary/aromatic N) is 6. The second-order valence-electron chi connectivity index (χ2n) is 9.10. The lowest BCUT2D eigenvalue weighted by molar-refractivity contribution is -0.385. The number of thiazole rings is 1. The van der Waals surface area contributed by atoms with E-state index in [1.54, 1.807) is 31.2 Å². The number of nitro groups is 1. The van der Waals surface area contributed by atoms with Gasteiger partial charge >= 0.3 is 5.97 Å². The number of para-hydroxylation sites is 1. The number of rotatable bonds is 12. The predicted molar refractivity (Wildman–Crippen MR) is 161 cm³/mol. The Hall–Kier alpha value is -5.47. The number of nitro benzene ring substituents is 1. The van der Waals surface area contributed by atoms with E-state index in [0.717, 1.165) is 21.7 Å². The van der Waals surface area contributed by atoms with Crippen molar-refractivity contribution >= 4 is 33.8 Å². The molecule has 0 aliphatic heterocycles. The first-order valence-corrected chi connectivity index (χ1v) is 13.6. The summed E-state index contributed by atoms with van der Waals surface area (Å²) in [5.74, 6) is -0.621. The maximum Gasteiger partial charge on any atom is 0.352 e. The molecule has 218 valence electrons. The topological polar surface area (TPSA) is 167 Å². The van der Waals surface area contributed by atoms with Crippen molar-refractivity contribution in [1.29, 1.82) is 0 Å². The van der Waals surface area contributed by atoms with Crippen molar-refractivity contribution in [2.45, 2.75) is 13.0 Å². The van der Waals surface area contributed by atoms with E-state index >= 15 is 0 Å². The number of benzene rings is 3. The van der Waals surface area contributed by atoms with Gasteiger partial charge in [0.15, 0.2) is 0 Å². The lowest BCUT2D eigenvalue weighted by Gasteiger charge is -2.06. The molecule has 0 bridgehead atoms. The first-order chi connectivity index (χ1) is 20.9. The number of hydrazone groups is 1. The third-order valence-electron chi connectivity index (χ3n) is 6.30. The van der Waals surface area contributed by atoms with Crippen LogP contribution in [-0.2, 0) is 22.6 Å². The number of ether oxygens (including phenoxy) is 2. The average molecular weight is 600 g/mol. The van der Waals surface area contributed by atoms with Crippen LogP contribution in [0.2, 0.25) is 0 Å². The van der Waals surface area contributed by atoms with Gasteiger partial charge in [-0.1, -0.05) is 46.9 Å². The summed E-state index contributed by atoms with van der Waals surface area (Å²) in [4.78, 5) is 28.4. The number of aliphatic carboxylic acids is 1. The van der Waals surface area contributed by atoms with Crippen molar-refractivity contribution in [2.75, 3.05) is 19.6 Å². The van der Waals surface area contributed by atoms with Crippen LogP contribution in [0, 0.1) is 10.1 Å². The van der Waals surface area contributed by atoms with Crippen molar-refractivity contribution in [1.82, 2.24) is 20.0 Å². The van der Waals surface area contributed by atoms with Crippen LogP contribution in [0.15, 0.2) is 84.1 Å². The second-order valence-corrected chi connectivity index (χ2v) is 10.1. The summed E-state index contributed by atoms with van der Waals surface area (Å²) in [6, 6.07) is 21.0. The van der Waals surface area contributed by atoms with Gasteiger partial charge in [0.05, 0.1) is 41.1 Å². The molecule has 13 nitrogen and oxygen atoms in total. The number of hydrogen-bond donors (Lipinski definition) is 2. The first kappa shape index (κ1) is 29.0. The van der Waals surface area contributed by atoms with E-state index in [1.165, 1.54) is 29.5 Å².